The van der Waals surface area contributed by atoms with Crippen molar-refractivity contribution in [2.75, 3.05) is 5.32 Å². The van der Waals surface area contributed by atoms with Crippen molar-refractivity contribution in [2.45, 2.75) is 19.6 Å². The summed E-state index contributed by atoms with van der Waals surface area (Å²) in [5, 5.41) is 13.4. The van der Waals surface area contributed by atoms with Gasteiger partial charge in [-0.25, -0.2) is 4.79 Å². The number of aliphatic hydroxyl groups is 1. The summed E-state index contributed by atoms with van der Waals surface area (Å²) in [5.41, 5.74) is -0.587. The van der Waals surface area contributed by atoms with Crippen LogP contribution >= 0.6 is 11.6 Å². The first-order valence-electron chi connectivity index (χ1n) is 6.00. The molecule has 104 valence electrons. The van der Waals surface area contributed by atoms with E-state index in [-0.39, 0.29) is 11.3 Å². The van der Waals surface area contributed by atoms with E-state index in [1.807, 2.05) is 0 Å². The van der Waals surface area contributed by atoms with Crippen LogP contribution in [0, 0.1) is 0 Å². The smallest absolute Gasteiger partial charge is 0.349 e. The lowest BCUT2D eigenvalue weighted by Crippen LogP contribution is -2.47. The molecule has 0 aliphatic carbocycles. The normalized spacial score (nSPS) is 26.4. The fourth-order valence-corrected chi connectivity index (χ4v) is 2.59. The Hall–Kier alpha value is -2.14. The number of ether oxygens (including phenoxy) is 2. The highest BCUT2D eigenvalue weighted by atomic mass is 35.5. The van der Waals surface area contributed by atoms with E-state index in [0.717, 1.165) is 0 Å². The van der Waals surface area contributed by atoms with Crippen LogP contribution < -0.4 is 10.1 Å². The predicted molar refractivity (Wildman–Crippen MR) is 73.6 cm³/mol. The minimum Gasteiger partial charge on any atom is -0.512 e. The highest BCUT2D eigenvalue weighted by Gasteiger charge is 2.49. The second-order valence-electron chi connectivity index (χ2n) is 4.71. The van der Waals surface area contributed by atoms with Gasteiger partial charge in [0, 0.05) is 11.1 Å². The largest absolute Gasteiger partial charge is 0.512 e. The number of carbonyl (C=O) groups excluding carboxylic acids is 1. The van der Waals surface area contributed by atoms with E-state index >= 15 is 0 Å². The summed E-state index contributed by atoms with van der Waals surface area (Å²) >= 11 is 5.94. The highest BCUT2D eigenvalue weighted by Crippen LogP contribution is 2.44. The molecule has 3 rings (SSSR count). The fraction of sp³-hybridized carbons (Fsp3) is 0.214. The standard InChI is InChI=1S/C14H12ClNO4/c1-7-6-14(12(8(2)17)13(18)19-7)16-10-5-9(15)3-4-11(10)20-14/h3-6,16-17H,1-2H3/t14-/m1/s1. The van der Waals surface area contributed by atoms with E-state index in [1.165, 1.54) is 6.92 Å². The summed E-state index contributed by atoms with van der Waals surface area (Å²) in [6.07, 6.45) is 1.61. The molecule has 1 atom stereocenters. The molecular weight excluding hydrogens is 282 g/mol. The topological polar surface area (TPSA) is 67.8 Å². The Morgan fingerprint density at radius 2 is 2.20 bits per heavy atom. The predicted octanol–water partition coefficient (Wildman–Crippen LogP) is 3.13. The third kappa shape index (κ3) is 1.82. The number of hydrogen-bond donors (Lipinski definition) is 2. The summed E-state index contributed by atoms with van der Waals surface area (Å²) in [6, 6.07) is 5.08. The fourth-order valence-electron chi connectivity index (χ4n) is 2.42. The first-order valence-corrected chi connectivity index (χ1v) is 6.38. The van der Waals surface area contributed by atoms with Crippen molar-refractivity contribution in [1.29, 1.82) is 0 Å². The van der Waals surface area contributed by atoms with Crippen LogP contribution in [0.1, 0.15) is 13.8 Å². The molecule has 0 radical (unpaired) electrons. The molecule has 1 aromatic carbocycles. The molecule has 20 heavy (non-hydrogen) atoms. The van der Waals surface area contributed by atoms with E-state index in [9.17, 15) is 9.90 Å². The van der Waals surface area contributed by atoms with E-state index in [0.29, 0.717) is 22.2 Å². The maximum atomic E-state index is 12.0. The molecule has 0 saturated carbocycles. The van der Waals surface area contributed by atoms with Crippen LogP contribution in [0.5, 0.6) is 5.75 Å². The van der Waals surface area contributed by atoms with Crippen LogP contribution in [0.4, 0.5) is 5.69 Å². The molecule has 6 heteroatoms. The Morgan fingerprint density at radius 1 is 1.45 bits per heavy atom. The van der Waals surface area contributed by atoms with Crippen LogP contribution in [0.15, 0.2) is 41.4 Å². The monoisotopic (exact) mass is 293 g/mol. The molecule has 0 saturated heterocycles. The average Bonchev–Trinajstić information content (AvgIpc) is 2.63. The molecular formula is C14H12ClNO4. The number of hydrogen-bond acceptors (Lipinski definition) is 5. The third-order valence-corrected chi connectivity index (χ3v) is 3.37. The van der Waals surface area contributed by atoms with Crippen molar-refractivity contribution < 1.29 is 19.4 Å². The van der Waals surface area contributed by atoms with Gasteiger partial charge in [0.15, 0.2) is 0 Å². The SMILES string of the molecule is CC1=C[C@]2(Nc3cc(Cl)ccc3O2)C(=C(C)O)C(=O)O1. The summed E-state index contributed by atoms with van der Waals surface area (Å²) in [4.78, 5) is 12.0. The number of halogens is 1. The van der Waals surface area contributed by atoms with E-state index in [1.54, 1.807) is 31.2 Å². The van der Waals surface area contributed by atoms with Crippen LogP contribution in [-0.4, -0.2) is 16.8 Å². The summed E-state index contributed by atoms with van der Waals surface area (Å²) in [5.74, 6) is 0.139. The maximum absolute atomic E-state index is 12.0. The quantitative estimate of drug-likeness (QED) is 0.437. The Kier molecular flexibility index (Phi) is 2.69. The van der Waals surface area contributed by atoms with Crippen molar-refractivity contribution in [3.63, 3.8) is 0 Å². The zero-order valence-electron chi connectivity index (χ0n) is 10.9. The highest BCUT2D eigenvalue weighted by molar-refractivity contribution is 6.31. The van der Waals surface area contributed by atoms with Gasteiger partial charge in [-0.2, -0.15) is 0 Å². The Labute approximate surface area is 120 Å². The van der Waals surface area contributed by atoms with Gasteiger partial charge in [-0.15, -0.1) is 0 Å². The number of benzene rings is 1. The molecule has 2 aliphatic rings. The second kappa shape index (κ2) is 4.18. The van der Waals surface area contributed by atoms with Crippen LogP contribution in [0.3, 0.4) is 0 Å². The minimum absolute atomic E-state index is 0.0235. The van der Waals surface area contributed by atoms with Gasteiger partial charge >= 0.3 is 5.97 Å². The molecule has 5 nitrogen and oxygen atoms in total. The van der Waals surface area contributed by atoms with Gasteiger partial charge in [-0.3, -0.25) is 0 Å². The lowest BCUT2D eigenvalue weighted by molar-refractivity contribution is -0.138. The maximum Gasteiger partial charge on any atom is 0.349 e. The number of fused-ring (bicyclic) bond motifs is 1. The zero-order valence-corrected chi connectivity index (χ0v) is 11.6. The van der Waals surface area contributed by atoms with Crippen molar-refractivity contribution in [3.05, 3.63) is 46.4 Å². The third-order valence-electron chi connectivity index (χ3n) is 3.13. The van der Waals surface area contributed by atoms with E-state index in [4.69, 9.17) is 21.1 Å². The zero-order chi connectivity index (χ0) is 14.5. The Morgan fingerprint density at radius 3 is 2.90 bits per heavy atom. The molecule has 1 spiro atoms. The van der Waals surface area contributed by atoms with Gasteiger partial charge in [-0.05, 0) is 32.0 Å². The summed E-state index contributed by atoms with van der Waals surface area (Å²) < 4.78 is 10.9. The average molecular weight is 294 g/mol. The van der Waals surface area contributed by atoms with Gasteiger partial charge in [0.2, 0.25) is 5.72 Å². The van der Waals surface area contributed by atoms with Gasteiger partial charge in [0.05, 0.1) is 5.69 Å². The van der Waals surface area contributed by atoms with Crippen molar-refractivity contribution >= 4 is 23.3 Å². The van der Waals surface area contributed by atoms with Gasteiger partial charge < -0.3 is 19.9 Å². The molecule has 0 aromatic heterocycles. The Balaban J connectivity index is 2.15. The minimum atomic E-state index is -1.26. The molecule has 2 N–H and O–H groups in total. The summed E-state index contributed by atoms with van der Waals surface area (Å²) in [6.45, 7) is 3.05. The van der Waals surface area contributed by atoms with Gasteiger partial charge in [-0.1, -0.05) is 11.6 Å². The van der Waals surface area contributed by atoms with Crippen LogP contribution in [-0.2, 0) is 9.53 Å². The van der Waals surface area contributed by atoms with E-state index < -0.39 is 11.7 Å². The van der Waals surface area contributed by atoms with Crippen molar-refractivity contribution in [3.8, 4) is 5.75 Å². The number of aliphatic hydroxyl groups excluding tert-OH is 1. The number of nitrogens with one attached hydrogen (secondary N) is 1. The van der Waals surface area contributed by atoms with Crippen LogP contribution in [0.2, 0.25) is 5.02 Å². The number of esters is 1. The molecule has 1 aromatic rings. The molecule has 0 unspecified atom stereocenters. The number of cyclic esters (lactones) is 1. The van der Waals surface area contributed by atoms with Crippen LogP contribution in [0.25, 0.3) is 0 Å². The molecule has 0 fully saturated rings. The lowest BCUT2D eigenvalue weighted by Gasteiger charge is -2.31. The van der Waals surface area contributed by atoms with E-state index in [2.05, 4.69) is 5.32 Å². The first-order chi connectivity index (χ1) is 9.41. The van der Waals surface area contributed by atoms with Crippen molar-refractivity contribution in [1.82, 2.24) is 0 Å². The Bertz CT molecular complexity index is 676. The lowest BCUT2D eigenvalue weighted by atomic mass is 9.98. The molecule has 2 aliphatic heterocycles. The molecule has 0 bridgehead atoms. The van der Waals surface area contributed by atoms with Crippen molar-refractivity contribution in [2.24, 2.45) is 0 Å². The number of carbonyl (C=O) groups is 1. The number of rotatable bonds is 0. The number of allylic oxidation sites excluding steroid dienone is 2. The molecule has 2 heterocycles. The van der Waals surface area contributed by atoms with Gasteiger partial charge in [0.1, 0.15) is 22.8 Å². The number of anilines is 1. The first kappa shape index (κ1) is 12.9. The molecule has 0 amide bonds. The van der Waals surface area contributed by atoms with Gasteiger partial charge in [0.25, 0.3) is 0 Å². The second-order valence-corrected chi connectivity index (χ2v) is 5.14. The summed E-state index contributed by atoms with van der Waals surface area (Å²) in [7, 11) is 0.